The van der Waals surface area contributed by atoms with Crippen molar-refractivity contribution >= 4 is 33.3 Å². The molecule has 4 aromatic rings. The Bertz CT molecular complexity index is 1250. The molecule has 6 nitrogen and oxygen atoms in total. The molecule has 0 amide bonds. The predicted octanol–water partition coefficient (Wildman–Crippen LogP) is 4.55. The van der Waals surface area contributed by atoms with E-state index in [9.17, 15) is 5.26 Å². The van der Waals surface area contributed by atoms with Gasteiger partial charge in [-0.1, -0.05) is 0 Å². The van der Waals surface area contributed by atoms with Crippen LogP contribution >= 0.6 is 11.3 Å². The molecule has 0 bridgehead atoms. The molecule has 5 rings (SSSR count). The number of fused-ring (bicyclic) bond motifs is 3. The van der Waals surface area contributed by atoms with Crippen molar-refractivity contribution in [1.82, 2.24) is 19.5 Å². The number of ether oxygens (including phenoxy) is 1. The van der Waals surface area contributed by atoms with Gasteiger partial charge in [-0.15, -0.1) is 11.3 Å². The van der Waals surface area contributed by atoms with E-state index in [2.05, 4.69) is 32.9 Å². The van der Waals surface area contributed by atoms with Gasteiger partial charge in [0, 0.05) is 29.8 Å². The first-order chi connectivity index (χ1) is 14.1. The number of thiazole rings is 1. The van der Waals surface area contributed by atoms with Crippen LogP contribution in [0.3, 0.4) is 0 Å². The van der Waals surface area contributed by atoms with E-state index in [0.717, 1.165) is 57.9 Å². The summed E-state index contributed by atoms with van der Waals surface area (Å²) in [5.74, 6) is 1.00. The van der Waals surface area contributed by atoms with Gasteiger partial charge in [0.25, 0.3) is 0 Å². The van der Waals surface area contributed by atoms with E-state index in [1.165, 1.54) is 0 Å². The molecule has 1 aliphatic heterocycles. The third-order valence-corrected chi connectivity index (χ3v) is 6.37. The average molecular weight is 404 g/mol. The number of benzene rings is 1. The van der Waals surface area contributed by atoms with E-state index in [1.807, 2.05) is 31.3 Å². The van der Waals surface area contributed by atoms with Gasteiger partial charge in [-0.05, 0) is 44.9 Å². The molecule has 0 N–H and O–H groups in total. The quantitative estimate of drug-likeness (QED) is 0.501. The Labute approximate surface area is 172 Å². The SMILES string of the molecule is Cc1nc(Cc2nc3cnc4ccc(C#N)cc4c3n2[C@@H]2CCO[C@H](C)C2)cs1. The minimum Gasteiger partial charge on any atom is -0.378 e. The van der Waals surface area contributed by atoms with E-state index in [4.69, 9.17) is 9.72 Å². The zero-order valence-corrected chi connectivity index (χ0v) is 17.2. The number of imidazole rings is 1. The number of nitrogens with zero attached hydrogens (tertiary/aromatic N) is 5. The molecule has 0 spiro atoms. The van der Waals surface area contributed by atoms with Crippen molar-refractivity contribution in [3.8, 4) is 6.07 Å². The van der Waals surface area contributed by atoms with Gasteiger partial charge in [0.1, 0.15) is 11.3 Å². The van der Waals surface area contributed by atoms with Gasteiger partial charge in [-0.3, -0.25) is 4.98 Å². The molecule has 1 aromatic carbocycles. The molecule has 4 heterocycles. The zero-order chi connectivity index (χ0) is 20.0. The van der Waals surface area contributed by atoms with Gasteiger partial charge in [-0.25, -0.2) is 9.97 Å². The van der Waals surface area contributed by atoms with Gasteiger partial charge >= 0.3 is 0 Å². The Hall–Kier alpha value is -2.82. The van der Waals surface area contributed by atoms with Gasteiger partial charge in [0.05, 0.1) is 45.7 Å². The summed E-state index contributed by atoms with van der Waals surface area (Å²) in [7, 11) is 0. The van der Waals surface area contributed by atoms with E-state index < -0.39 is 0 Å². The van der Waals surface area contributed by atoms with Crippen molar-refractivity contribution in [3.63, 3.8) is 0 Å². The molecule has 1 aliphatic rings. The largest absolute Gasteiger partial charge is 0.378 e. The van der Waals surface area contributed by atoms with Crippen LogP contribution in [0.5, 0.6) is 0 Å². The molecular weight excluding hydrogens is 382 g/mol. The van der Waals surface area contributed by atoms with E-state index in [-0.39, 0.29) is 6.10 Å². The van der Waals surface area contributed by atoms with Crippen LogP contribution in [0.4, 0.5) is 0 Å². The maximum absolute atomic E-state index is 9.41. The van der Waals surface area contributed by atoms with Crippen molar-refractivity contribution in [1.29, 1.82) is 5.26 Å². The number of hydrogen-bond donors (Lipinski definition) is 0. The first-order valence-electron chi connectivity index (χ1n) is 9.84. The van der Waals surface area contributed by atoms with Crippen molar-refractivity contribution in [2.45, 2.75) is 45.3 Å². The van der Waals surface area contributed by atoms with Crippen LogP contribution in [0, 0.1) is 18.3 Å². The summed E-state index contributed by atoms with van der Waals surface area (Å²) in [5, 5.41) is 13.6. The second-order valence-electron chi connectivity index (χ2n) is 7.63. The highest BCUT2D eigenvalue weighted by Crippen LogP contribution is 2.34. The Morgan fingerprint density at radius 1 is 1.31 bits per heavy atom. The normalized spacial score (nSPS) is 19.6. The van der Waals surface area contributed by atoms with Crippen molar-refractivity contribution < 1.29 is 4.74 Å². The minimum absolute atomic E-state index is 0.211. The molecule has 2 atom stereocenters. The standard InChI is InChI=1S/C22H21N5OS/c1-13-7-17(5-6-28-13)27-21(9-16-12-29-14(2)25-16)26-20-11-24-19-4-3-15(10-23)8-18(19)22(20)27/h3-4,8,11-13,17H,5-7,9H2,1-2H3/t13-,17-/m1/s1. The van der Waals surface area contributed by atoms with E-state index in [0.29, 0.717) is 18.0 Å². The van der Waals surface area contributed by atoms with Gasteiger partial charge in [-0.2, -0.15) is 5.26 Å². The van der Waals surface area contributed by atoms with Crippen molar-refractivity contribution in [2.24, 2.45) is 0 Å². The first-order valence-corrected chi connectivity index (χ1v) is 10.7. The van der Waals surface area contributed by atoms with Crippen LogP contribution in [0.25, 0.3) is 21.9 Å². The molecule has 3 aromatic heterocycles. The number of rotatable bonds is 3. The number of hydrogen-bond acceptors (Lipinski definition) is 6. The Morgan fingerprint density at radius 3 is 2.97 bits per heavy atom. The second kappa shape index (κ2) is 7.21. The maximum atomic E-state index is 9.41. The predicted molar refractivity (Wildman–Crippen MR) is 113 cm³/mol. The summed E-state index contributed by atoms with van der Waals surface area (Å²) in [6, 6.07) is 8.22. The average Bonchev–Trinajstić information content (AvgIpc) is 3.30. The smallest absolute Gasteiger partial charge is 0.116 e. The second-order valence-corrected chi connectivity index (χ2v) is 8.69. The lowest BCUT2D eigenvalue weighted by atomic mass is 10.0. The lowest BCUT2D eigenvalue weighted by Gasteiger charge is -2.30. The fourth-order valence-electron chi connectivity index (χ4n) is 4.27. The Kier molecular flexibility index (Phi) is 4.53. The highest BCUT2D eigenvalue weighted by atomic mass is 32.1. The minimum atomic E-state index is 0.211. The lowest BCUT2D eigenvalue weighted by molar-refractivity contribution is 0.00631. The van der Waals surface area contributed by atoms with Crippen LogP contribution < -0.4 is 0 Å². The highest BCUT2D eigenvalue weighted by Gasteiger charge is 2.26. The molecule has 146 valence electrons. The third kappa shape index (κ3) is 3.28. The van der Waals surface area contributed by atoms with Crippen LogP contribution in [0.2, 0.25) is 0 Å². The van der Waals surface area contributed by atoms with E-state index in [1.54, 1.807) is 11.3 Å². The third-order valence-electron chi connectivity index (χ3n) is 5.55. The van der Waals surface area contributed by atoms with Crippen LogP contribution in [0.15, 0.2) is 29.8 Å². The molecule has 1 saturated heterocycles. The fourth-order valence-corrected chi connectivity index (χ4v) is 4.89. The first kappa shape index (κ1) is 18.2. The molecule has 0 unspecified atom stereocenters. The summed E-state index contributed by atoms with van der Waals surface area (Å²) in [6.45, 7) is 4.90. The molecule has 0 radical (unpaired) electrons. The molecule has 7 heteroatoms. The van der Waals surface area contributed by atoms with Crippen molar-refractivity contribution in [3.05, 3.63) is 51.9 Å². The topological polar surface area (TPSA) is 76.6 Å². The Balaban J connectivity index is 1.75. The molecule has 1 fully saturated rings. The van der Waals surface area contributed by atoms with E-state index >= 15 is 0 Å². The number of nitriles is 1. The maximum Gasteiger partial charge on any atom is 0.116 e. The summed E-state index contributed by atoms with van der Waals surface area (Å²) >= 11 is 1.66. The number of aromatic nitrogens is 4. The summed E-state index contributed by atoms with van der Waals surface area (Å²) in [5.41, 5.74) is 4.49. The van der Waals surface area contributed by atoms with Crippen LogP contribution in [0.1, 0.15) is 47.9 Å². The molecule has 29 heavy (non-hydrogen) atoms. The van der Waals surface area contributed by atoms with Gasteiger partial charge in [0.15, 0.2) is 0 Å². The summed E-state index contributed by atoms with van der Waals surface area (Å²) in [6.07, 6.45) is 4.63. The molecular formula is C22H21N5OS. The lowest BCUT2D eigenvalue weighted by Crippen LogP contribution is -2.26. The summed E-state index contributed by atoms with van der Waals surface area (Å²) < 4.78 is 8.17. The molecule has 0 aliphatic carbocycles. The highest BCUT2D eigenvalue weighted by molar-refractivity contribution is 7.09. The van der Waals surface area contributed by atoms with Gasteiger partial charge in [0.2, 0.25) is 0 Å². The zero-order valence-electron chi connectivity index (χ0n) is 16.4. The van der Waals surface area contributed by atoms with Crippen LogP contribution in [-0.2, 0) is 11.2 Å². The van der Waals surface area contributed by atoms with Crippen LogP contribution in [-0.4, -0.2) is 32.2 Å². The molecule has 0 saturated carbocycles. The number of aryl methyl sites for hydroxylation is 1. The van der Waals surface area contributed by atoms with Gasteiger partial charge < -0.3 is 9.30 Å². The fraction of sp³-hybridized carbons (Fsp3) is 0.364. The Morgan fingerprint density at radius 2 is 2.21 bits per heavy atom. The number of pyridine rings is 1. The summed E-state index contributed by atoms with van der Waals surface area (Å²) in [4.78, 5) is 14.2. The monoisotopic (exact) mass is 403 g/mol. The van der Waals surface area contributed by atoms with Crippen molar-refractivity contribution in [2.75, 3.05) is 6.61 Å².